The number of aryl methyl sites for hydroxylation is 1. The molecule has 0 saturated carbocycles. The zero-order valence-electron chi connectivity index (χ0n) is 16.2. The van der Waals surface area contributed by atoms with Gasteiger partial charge in [0.05, 0.1) is 6.61 Å². The van der Waals surface area contributed by atoms with Gasteiger partial charge in [-0.25, -0.2) is 0 Å². The first-order chi connectivity index (χ1) is 13.5. The molecule has 6 heteroatoms. The number of rotatable bonds is 7. The molecular weight excluding hydrogens is 358 g/mol. The van der Waals surface area contributed by atoms with E-state index in [0.717, 1.165) is 23.1 Å². The molecule has 3 atom stereocenters. The van der Waals surface area contributed by atoms with Crippen molar-refractivity contribution < 1.29 is 24.5 Å². The van der Waals surface area contributed by atoms with Crippen LogP contribution in [0.1, 0.15) is 25.0 Å². The Balaban J connectivity index is 1.88. The molecular formula is C22H27NO5. The van der Waals surface area contributed by atoms with Crippen molar-refractivity contribution in [1.29, 1.82) is 0 Å². The number of carbonyl (C=O) groups excluding carboxylic acids is 1. The highest BCUT2D eigenvalue weighted by Gasteiger charge is 2.36. The molecule has 6 nitrogen and oxygen atoms in total. The van der Waals surface area contributed by atoms with Crippen LogP contribution in [-0.4, -0.2) is 47.8 Å². The summed E-state index contributed by atoms with van der Waals surface area (Å²) in [7, 11) is 0. The number of benzene rings is 2. The number of hydrogen-bond donors (Lipinski definition) is 3. The summed E-state index contributed by atoms with van der Waals surface area (Å²) in [6.07, 6.45) is -1.29. The highest BCUT2D eigenvalue weighted by Crippen LogP contribution is 2.31. The predicted octanol–water partition coefficient (Wildman–Crippen LogP) is 2.05. The average Bonchev–Trinajstić information content (AvgIpc) is 3.00. The van der Waals surface area contributed by atoms with E-state index >= 15 is 0 Å². The Kier molecular flexibility index (Phi) is 6.67. The van der Waals surface area contributed by atoms with Gasteiger partial charge in [-0.1, -0.05) is 37.3 Å². The quantitative estimate of drug-likeness (QED) is 0.679. The molecule has 3 rings (SSSR count). The lowest BCUT2D eigenvalue weighted by Gasteiger charge is -2.19. The molecule has 0 aromatic heterocycles. The van der Waals surface area contributed by atoms with Crippen molar-refractivity contribution in [2.45, 2.75) is 45.2 Å². The second kappa shape index (κ2) is 9.19. The topological polar surface area (TPSA) is 88.0 Å². The van der Waals surface area contributed by atoms with Gasteiger partial charge in [-0.15, -0.1) is 0 Å². The lowest BCUT2D eigenvalue weighted by molar-refractivity contribution is -0.118. The first-order valence-corrected chi connectivity index (χ1v) is 9.59. The number of aliphatic hydroxyl groups is 2. The van der Waals surface area contributed by atoms with E-state index in [9.17, 15) is 15.0 Å². The minimum absolute atomic E-state index is 0.0477. The third kappa shape index (κ3) is 4.90. The number of hydrogen-bond acceptors (Lipinski definition) is 5. The number of amides is 1. The summed E-state index contributed by atoms with van der Waals surface area (Å²) in [6.45, 7) is 4.21. The van der Waals surface area contributed by atoms with E-state index < -0.39 is 18.5 Å². The summed E-state index contributed by atoms with van der Waals surface area (Å²) in [5.41, 5.74) is 4.39. The Bertz CT molecular complexity index is 822. The Hall–Kier alpha value is -2.41. The number of ether oxygens (including phenoxy) is 2. The van der Waals surface area contributed by atoms with Crippen LogP contribution in [0.2, 0.25) is 0 Å². The van der Waals surface area contributed by atoms with E-state index in [4.69, 9.17) is 9.47 Å². The molecule has 1 amide bonds. The molecule has 1 aliphatic rings. The lowest BCUT2D eigenvalue weighted by atomic mass is 9.95. The van der Waals surface area contributed by atoms with Crippen LogP contribution in [0.4, 0.5) is 0 Å². The summed E-state index contributed by atoms with van der Waals surface area (Å²) >= 11 is 0. The molecule has 3 unspecified atom stereocenters. The van der Waals surface area contributed by atoms with Crippen molar-refractivity contribution in [2.75, 3.05) is 13.2 Å². The first kappa shape index (κ1) is 20.3. The Morgan fingerprint density at radius 2 is 2.07 bits per heavy atom. The zero-order chi connectivity index (χ0) is 20.1. The zero-order valence-corrected chi connectivity index (χ0v) is 16.2. The molecule has 2 aromatic carbocycles. The fraction of sp³-hybridized carbons (Fsp3) is 0.409. The molecule has 1 heterocycles. The summed E-state index contributed by atoms with van der Waals surface area (Å²) in [5, 5.41) is 22.4. The molecule has 2 aromatic rings. The van der Waals surface area contributed by atoms with E-state index in [-0.39, 0.29) is 12.5 Å². The highest BCUT2D eigenvalue weighted by molar-refractivity contribution is 5.73. The van der Waals surface area contributed by atoms with Gasteiger partial charge in [0.25, 0.3) is 0 Å². The van der Waals surface area contributed by atoms with Crippen LogP contribution in [-0.2, 0) is 22.4 Å². The molecule has 1 saturated heterocycles. The maximum Gasteiger partial charge on any atom is 0.228 e. The van der Waals surface area contributed by atoms with Crippen molar-refractivity contribution in [1.82, 2.24) is 5.32 Å². The van der Waals surface area contributed by atoms with Crippen molar-refractivity contribution in [3.8, 4) is 16.9 Å². The fourth-order valence-electron chi connectivity index (χ4n) is 3.26. The van der Waals surface area contributed by atoms with Gasteiger partial charge in [0.2, 0.25) is 12.2 Å². The van der Waals surface area contributed by atoms with Gasteiger partial charge in [-0.3, -0.25) is 4.79 Å². The van der Waals surface area contributed by atoms with Gasteiger partial charge in [0, 0.05) is 13.5 Å². The Morgan fingerprint density at radius 3 is 2.75 bits per heavy atom. The van der Waals surface area contributed by atoms with Crippen LogP contribution in [0, 0.1) is 0 Å². The van der Waals surface area contributed by atoms with E-state index in [1.807, 2.05) is 30.3 Å². The van der Waals surface area contributed by atoms with Gasteiger partial charge in [0.15, 0.2) is 0 Å². The summed E-state index contributed by atoms with van der Waals surface area (Å²) in [4.78, 5) is 11.2. The molecule has 28 heavy (non-hydrogen) atoms. The summed E-state index contributed by atoms with van der Waals surface area (Å²) in [6, 6.07) is 14.0. The van der Waals surface area contributed by atoms with Gasteiger partial charge in [-0.2, -0.15) is 0 Å². The fourth-order valence-corrected chi connectivity index (χ4v) is 3.26. The van der Waals surface area contributed by atoms with Crippen molar-refractivity contribution in [3.63, 3.8) is 0 Å². The molecule has 0 radical (unpaired) electrons. The van der Waals surface area contributed by atoms with Crippen LogP contribution < -0.4 is 10.1 Å². The maximum atomic E-state index is 11.2. The van der Waals surface area contributed by atoms with E-state index in [2.05, 4.69) is 24.4 Å². The van der Waals surface area contributed by atoms with E-state index in [1.165, 1.54) is 12.5 Å². The molecule has 0 spiro atoms. The third-order valence-corrected chi connectivity index (χ3v) is 4.85. The van der Waals surface area contributed by atoms with Crippen LogP contribution in [0.5, 0.6) is 5.75 Å². The third-order valence-electron chi connectivity index (χ3n) is 4.85. The molecule has 3 N–H and O–H groups in total. The predicted molar refractivity (Wildman–Crippen MR) is 106 cm³/mol. The van der Waals surface area contributed by atoms with Gasteiger partial charge in [0.1, 0.15) is 18.0 Å². The van der Waals surface area contributed by atoms with Crippen LogP contribution in [0.15, 0.2) is 42.5 Å². The number of carbonyl (C=O) groups is 1. The normalized spacial score (nSPS) is 21.5. The van der Waals surface area contributed by atoms with Gasteiger partial charge >= 0.3 is 0 Å². The van der Waals surface area contributed by atoms with E-state index in [0.29, 0.717) is 18.7 Å². The molecule has 1 fully saturated rings. The maximum absolute atomic E-state index is 11.2. The van der Waals surface area contributed by atoms with E-state index in [1.54, 1.807) is 0 Å². The molecule has 0 bridgehead atoms. The smallest absolute Gasteiger partial charge is 0.228 e. The minimum atomic E-state index is -1.08. The van der Waals surface area contributed by atoms with Crippen LogP contribution in [0.3, 0.4) is 0 Å². The first-order valence-electron chi connectivity index (χ1n) is 9.59. The Morgan fingerprint density at radius 1 is 1.25 bits per heavy atom. The van der Waals surface area contributed by atoms with Crippen LogP contribution in [0.25, 0.3) is 11.1 Å². The average molecular weight is 385 g/mol. The monoisotopic (exact) mass is 385 g/mol. The number of nitrogens with one attached hydrogen (secondary N) is 1. The van der Waals surface area contributed by atoms with Crippen molar-refractivity contribution >= 4 is 5.91 Å². The molecule has 1 aliphatic heterocycles. The molecule has 150 valence electrons. The second-order valence-corrected chi connectivity index (χ2v) is 6.98. The molecule has 0 aliphatic carbocycles. The standard InChI is InChI=1S/C22H27NO5/c1-3-15-5-4-6-17(11-15)19-12-18(28-22-21(26)20(25)13-27-22)8-7-16(19)9-10-23-14(2)24/h4-8,11-12,20-22,25-26H,3,9-10,13H2,1-2H3,(H,23,24). The minimum Gasteiger partial charge on any atom is -0.462 e. The van der Waals surface area contributed by atoms with Crippen LogP contribution >= 0.6 is 0 Å². The lowest BCUT2D eigenvalue weighted by Crippen LogP contribution is -2.33. The van der Waals surface area contributed by atoms with Crippen molar-refractivity contribution in [3.05, 3.63) is 53.6 Å². The largest absolute Gasteiger partial charge is 0.462 e. The number of aliphatic hydroxyl groups excluding tert-OH is 2. The SMILES string of the molecule is CCc1cccc(-c2cc(OC3OCC(O)C3O)ccc2CCNC(C)=O)c1. The summed E-state index contributed by atoms with van der Waals surface area (Å²) < 4.78 is 11.1. The van der Waals surface area contributed by atoms with Gasteiger partial charge in [-0.05, 0) is 47.2 Å². The van der Waals surface area contributed by atoms with Crippen molar-refractivity contribution in [2.24, 2.45) is 0 Å². The summed E-state index contributed by atoms with van der Waals surface area (Å²) in [5.74, 6) is 0.499. The van der Waals surface area contributed by atoms with Gasteiger partial charge < -0.3 is 25.0 Å². The Labute approximate surface area is 165 Å². The highest BCUT2D eigenvalue weighted by atomic mass is 16.7. The second-order valence-electron chi connectivity index (χ2n) is 6.98.